The maximum absolute atomic E-state index is 2.62. The van der Waals surface area contributed by atoms with Gasteiger partial charge in [0.2, 0.25) is 0 Å². The van der Waals surface area contributed by atoms with Gasteiger partial charge in [0.15, 0.2) is 0 Å². The van der Waals surface area contributed by atoms with Gasteiger partial charge in [0, 0.05) is 0 Å². The first-order valence-electron chi connectivity index (χ1n) is 16.1. The molecular weight excluding hydrogens is 667 g/mol. The third kappa shape index (κ3) is 5.29. The summed E-state index contributed by atoms with van der Waals surface area (Å²) in [5.74, 6) is 2.24. The van der Waals surface area contributed by atoms with Crippen LogP contribution in [0.1, 0.15) is 90.5 Å². The Morgan fingerprint density at radius 1 is 0.733 bits per heavy atom. The summed E-state index contributed by atoms with van der Waals surface area (Å²) in [6.45, 7) is 20.3. The third-order valence-electron chi connectivity index (χ3n) is 12.9. The van der Waals surface area contributed by atoms with Gasteiger partial charge in [-0.3, -0.25) is 0 Å². The van der Waals surface area contributed by atoms with Gasteiger partial charge < -0.3 is 24.8 Å². The SMILES string of the molecule is C[C-]1C2=C3Cc4ccccc4C3=C3C=CCCC3C2(C)C(C)(C)C(C)(C)C1(C)C.[Cl-].[Cl-].[Zr+2]=[C](c1ccccc1)c1ccccc1. The molecule has 3 aromatic rings. The third-order valence-corrected chi connectivity index (χ3v) is 14.3. The van der Waals surface area contributed by atoms with Crippen LogP contribution in [0.15, 0.2) is 114 Å². The van der Waals surface area contributed by atoms with E-state index in [9.17, 15) is 0 Å². The van der Waals surface area contributed by atoms with E-state index in [1.165, 1.54) is 62.5 Å². The van der Waals surface area contributed by atoms with Crippen molar-refractivity contribution in [2.75, 3.05) is 0 Å². The molecule has 0 spiro atoms. The summed E-state index contributed by atoms with van der Waals surface area (Å²) in [7, 11) is 0. The van der Waals surface area contributed by atoms with Crippen molar-refractivity contribution in [3.05, 3.63) is 142 Å². The molecule has 234 valence electrons. The molecular formula is C42H47Cl2Zr-. The van der Waals surface area contributed by atoms with Crippen LogP contribution in [0.5, 0.6) is 0 Å². The molecule has 1 saturated carbocycles. The number of hydrogen-bond donors (Lipinski definition) is 0. The minimum atomic E-state index is 0. The fourth-order valence-electron chi connectivity index (χ4n) is 8.94. The average molecular weight is 714 g/mol. The van der Waals surface area contributed by atoms with Crippen LogP contribution < -0.4 is 24.8 Å². The Kier molecular flexibility index (Phi) is 10.3. The van der Waals surface area contributed by atoms with Crippen LogP contribution in [0.3, 0.4) is 0 Å². The van der Waals surface area contributed by atoms with Crippen LogP contribution >= 0.6 is 0 Å². The van der Waals surface area contributed by atoms with Crippen molar-refractivity contribution < 1.29 is 49.0 Å². The van der Waals surface area contributed by atoms with Crippen molar-refractivity contribution in [2.45, 2.75) is 74.7 Å². The number of benzene rings is 3. The molecule has 4 aliphatic carbocycles. The monoisotopic (exact) mass is 711 g/mol. The maximum atomic E-state index is 2.62. The number of rotatable bonds is 2. The first kappa shape index (κ1) is 35.9. The summed E-state index contributed by atoms with van der Waals surface area (Å²) < 4.78 is 1.42. The van der Waals surface area contributed by atoms with Crippen LogP contribution in [0.4, 0.5) is 0 Å². The molecule has 4 aliphatic rings. The Morgan fingerprint density at radius 3 is 1.84 bits per heavy atom. The molecule has 45 heavy (non-hydrogen) atoms. The van der Waals surface area contributed by atoms with Gasteiger partial charge in [-0.15, -0.1) is 6.92 Å². The zero-order valence-electron chi connectivity index (χ0n) is 28.2. The van der Waals surface area contributed by atoms with Gasteiger partial charge in [-0.2, -0.15) is 11.1 Å². The minimum absolute atomic E-state index is 0. The second-order valence-corrected chi connectivity index (χ2v) is 16.1. The van der Waals surface area contributed by atoms with E-state index in [-0.39, 0.29) is 46.5 Å². The number of halogens is 2. The molecule has 1 fully saturated rings. The number of allylic oxidation sites excluding steroid dienone is 6. The van der Waals surface area contributed by atoms with Crippen LogP contribution in [-0.4, -0.2) is 3.21 Å². The summed E-state index contributed by atoms with van der Waals surface area (Å²) in [5, 5.41) is 0. The van der Waals surface area contributed by atoms with E-state index >= 15 is 0 Å². The van der Waals surface area contributed by atoms with Crippen molar-refractivity contribution >= 4 is 8.78 Å². The molecule has 3 heteroatoms. The molecule has 0 aromatic heterocycles. The van der Waals surface area contributed by atoms with E-state index in [0.29, 0.717) is 5.92 Å². The summed E-state index contributed by atoms with van der Waals surface area (Å²) >= 11 is 1.46. The van der Waals surface area contributed by atoms with Gasteiger partial charge >= 0.3 is 99.2 Å². The summed E-state index contributed by atoms with van der Waals surface area (Å²) in [4.78, 5) is 0. The molecule has 0 aliphatic heterocycles. The molecule has 0 nitrogen and oxygen atoms in total. The molecule has 0 bridgehead atoms. The van der Waals surface area contributed by atoms with Crippen molar-refractivity contribution in [2.24, 2.45) is 27.6 Å². The normalized spacial score (nSPS) is 24.5. The summed E-state index contributed by atoms with van der Waals surface area (Å²) in [5.41, 5.74) is 13.0. The molecule has 0 N–H and O–H groups in total. The average Bonchev–Trinajstić information content (AvgIpc) is 3.40. The van der Waals surface area contributed by atoms with Crippen LogP contribution in [0.2, 0.25) is 0 Å². The molecule has 0 radical (unpaired) electrons. The van der Waals surface area contributed by atoms with Crippen molar-refractivity contribution in [1.82, 2.24) is 0 Å². The van der Waals surface area contributed by atoms with E-state index < -0.39 is 0 Å². The van der Waals surface area contributed by atoms with E-state index in [0.717, 1.165) is 6.42 Å². The topological polar surface area (TPSA) is 0 Å². The standard InChI is InChI=1S/C29H37.C13H10.2ClH.Zr/c1-18-25-22-17-19-13-9-10-14-20(19)24(22)21-15-11-12-16-23(21)29(25,8)28(6,7)27(4,5)26(18,2)3;1-3-7-12(8-4-1)11-13-9-5-2-6-10-13;;;/h9-11,13-15,23H,12,16-17H2,1-8H3;1-10H;2*1H;/q-1;;;;+2/p-2. The van der Waals surface area contributed by atoms with Gasteiger partial charge in [-0.25, -0.2) is 5.92 Å². The van der Waals surface area contributed by atoms with E-state index in [1.54, 1.807) is 28.2 Å². The zero-order chi connectivity index (χ0) is 30.8. The quantitative estimate of drug-likeness (QED) is 0.336. The van der Waals surface area contributed by atoms with Crippen molar-refractivity contribution in [3.63, 3.8) is 0 Å². The molecule has 2 unspecified atom stereocenters. The van der Waals surface area contributed by atoms with Crippen molar-refractivity contribution in [3.8, 4) is 0 Å². The molecule has 2 atom stereocenters. The van der Waals surface area contributed by atoms with Gasteiger partial charge in [-0.1, -0.05) is 113 Å². The summed E-state index contributed by atoms with van der Waals surface area (Å²) in [6.07, 6.45) is 8.50. The predicted molar refractivity (Wildman–Crippen MR) is 180 cm³/mol. The van der Waals surface area contributed by atoms with E-state index in [1.807, 2.05) is 0 Å². The van der Waals surface area contributed by atoms with Gasteiger partial charge in [0.05, 0.1) is 0 Å². The second kappa shape index (κ2) is 12.9. The van der Waals surface area contributed by atoms with Crippen molar-refractivity contribution in [1.29, 1.82) is 0 Å². The first-order valence-corrected chi connectivity index (χ1v) is 17.4. The van der Waals surface area contributed by atoms with Crippen LogP contribution in [0, 0.1) is 33.5 Å². The van der Waals surface area contributed by atoms with E-state index in [2.05, 4.69) is 152 Å². The Morgan fingerprint density at radius 2 is 1.27 bits per heavy atom. The zero-order valence-corrected chi connectivity index (χ0v) is 32.2. The molecule has 0 amide bonds. The summed E-state index contributed by atoms with van der Waals surface area (Å²) in [6, 6.07) is 30.3. The molecule has 0 saturated heterocycles. The Hall–Kier alpha value is -1.92. The predicted octanol–water partition coefficient (Wildman–Crippen LogP) is 4.78. The molecule has 3 aromatic carbocycles. The Balaban J connectivity index is 0.000000244. The Bertz CT molecular complexity index is 1610. The molecule has 0 heterocycles. The fourth-order valence-corrected chi connectivity index (χ4v) is 9.76. The van der Waals surface area contributed by atoms with Gasteiger partial charge in [0.1, 0.15) is 0 Å². The van der Waals surface area contributed by atoms with Crippen LogP contribution in [-0.2, 0) is 30.7 Å². The molecule has 7 rings (SSSR count). The van der Waals surface area contributed by atoms with E-state index in [4.69, 9.17) is 0 Å². The van der Waals surface area contributed by atoms with Gasteiger partial charge in [-0.05, 0) is 40.6 Å². The fraction of sp³-hybridized carbons (Fsp3) is 0.381. The second-order valence-electron chi connectivity index (χ2n) is 14.9. The van der Waals surface area contributed by atoms with Gasteiger partial charge in [0.25, 0.3) is 0 Å². The number of fused-ring (bicyclic) bond motifs is 6. The van der Waals surface area contributed by atoms with Crippen LogP contribution in [0.25, 0.3) is 5.57 Å². The first-order chi connectivity index (χ1) is 20.4. The Labute approximate surface area is 300 Å². The number of hydrogen-bond acceptors (Lipinski definition) is 0.